The van der Waals surface area contributed by atoms with Gasteiger partial charge in [-0.15, -0.1) is 5.10 Å². The van der Waals surface area contributed by atoms with Gasteiger partial charge in [0, 0.05) is 19.0 Å². The van der Waals surface area contributed by atoms with Crippen LogP contribution in [0.4, 0.5) is 8.78 Å². The Bertz CT molecular complexity index is 573. The topological polar surface area (TPSA) is 42.7 Å². The zero-order valence-corrected chi connectivity index (χ0v) is 10.5. The van der Waals surface area contributed by atoms with E-state index in [2.05, 4.69) is 15.4 Å². The fraction of sp³-hybridized carbons (Fsp3) is 0.385. The fourth-order valence-corrected chi connectivity index (χ4v) is 2.16. The van der Waals surface area contributed by atoms with Gasteiger partial charge < -0.3 is 5.32 Å². The third-order valence-corrected chi connectivity index (χ3v) is 3.37. The zero-order valence-electron chi connectivity index (χ0n) is 10.5. The van der Waals surface area contributed by atoms with Gasteiger partial charge in [0.05, 0.1) is 5.69 Å². The number of hydrogen-bond donors (Lipinski definition) is 1. The van der Waals surface area contributed by atoms with Crippen LogP contribution in [0.3, 0.4) is 0 Å². The molecule has 2 aromatic rings. The summed E-state index contributed by atoms with van der Waals surface area (Å²) >= 11 is 0. The van der Waals surface area contributed by atoms with Crippen LogP contribution < -0.4 is 5.32 Å². The van der Waals surface area contributed by atoms with Crippen molar-refractivity contribution in [3.63, 3.8) is 0 Å². The van der Waals surface area contributed by atoms with Crippen LogP contribution in [0, 0.1) is 6.92 Å². The van der Waals surface area contributed by atoms with E-state index < -0.39 is 12.2 Å². The minimum Gasteiger partial charge on any atom is -0.315 e. The molecule has 4 nitrogen and oxygen atoms in total. The second-order valence-corrected chi connectivity index (χ2v) is 4.68. The van der Waals surface area contributed by atoms with Crippen LogP contribution in [0.1, 0.15) is 29.6 Å². The molecule has 0 bridgehead atoms. The highest BCUT2D eigenvalue weighted by molar-refractivity contribution is 5.36. The van der Waals surface area contributed by atoms with E-state index in [1.807, 2.05) is 24.3 Å². The molecule has 0 spiro atoms. The van der Waals surface area contributed by atoms with Crippen LogP contribution in [-0.4, -0.2) is 27.9 Å². The third-order valence-electron chi connectivity index (χ3n) is 3.37. The molecular weight excluding hydrogens is 250 g/mol. The average Bonchev–Trinajstić information content (AvgIpc) is 2.70. The SMILES string of the molecule is Cc1nc(C(F)F)nn1-c1ccc(C2CNC2)cc1. The quantitative estimate of drug-likeness (QED) is 0.924. The first kappa shape index (κ1) is 12.2. The number of hydrogen-bond acceptors (Lipinski definition) is 3. The molecule has 0 aliphatic carbocycles. The molecule has 0 unspecified atom stereocenters. The predicted molar refractivity (Wildman–Crippen MR) is 66.7 cm³/mol. The van der Waals surface area contributed by atoms with Crippen LogP contribution in [0.5, 0.6) is 0 Å². The Kier molecular flexibility index (Phi) is 3.02. The molecule has 6 heteroatoms. The zero-order chi connectivity index (χ0) is 13.4. The van der Waals surface area contributed by atoms with E-state index in [4.69, 9.17) is 0 Å². The minimum atomic E-state index is -2.64. The maximum absolute atomic E-state index is 12.6. The van der Waals surface area contributed by atoms with Gasteiger partial charge >= 0.3 is 0 Å². The molecule has 0 saturated carbocycles. The number of halogens is 2. The van der Waals surface area contributed by atoms with Crippen LogP contribution in [0.2, 0.25) is 0 Å². The van der Waals surface area contributed by atoms with Gasteiger partial charge in [0.1, 0.15) is 5.82 Å². The van der Waals surface area contributed by atoms with Crippen molar-refractivity contribution in [2.24, 2.45) is 0 Å². The lowest BCUT2D eigenvalue weighted by molar-refractivity contribution is 0.140. The first-order valence-electron chi connectivity index (χ1n) is 6.18. The van der Waals surface area contributed by atoms with Gasteiger partial charge in [-0.1, -0.05) is 12.1 Å². The van der Waals surface area contributed by atoms with Crippen molar-refractivity contribution in [3.05, 3.63) is 41.5 Å². The van der Waals surface area contributed by atoms with Crippen LogP contribution >= 0.6 is 0 Å². The monoisotopic (exact) mass is 264 g/mol. The number of nitrogens with zero attached hydrogens (tertiary/aromatic N) is 3. The molecule has 19 heavy (non-hydrogen) atoms. The Labute approximate surface area is 109 Å². The van der Waals surface area contributed by atoms with Gasteiger partial charge in [0.25, 0.3) is 6.43 Å². The summed E-state index contributed by atoms with van der Waals surface area (Å²) in [5.74, 6) is 0.598. The lowest BCUT2D eigenvalue weighted by Crippen LogP contribution is -2.39. The van der Waals surface area contributed by atoms with Crippen molar-refractivity contribution >= 4 is 0 Å². The second kappa shape index (κ2) is 4.70. The third kappa shape index (κ3) is 2.23. The predicted octanol–water partition coefficient (Wildman–Crippen LogP) is 2.20. The molecule has 1 aliphatic rings. The Morgan fingerprint density at radius 2 is 1.95 bits per heavy atom. The molecule has 1 saturated heterocycles. The maximum atomic E-state index is 12.6. The molecule has 1 aromatic heterocycles. The van der Waals surface area contributed by atoms with E-state index in [1.54, 1.807) is 6.92 Å². The first-order valence-corrected chi connectivity index (χ1v) is 6.18. The van der Waals surface area contributed by atoms with Crippen molar-refractivity contribution in [1.82, 2.24) is 20.1 Å². The second-order valence-electron chi connectivity index (χ2n) is 4.68. The van der Waals surface area contributed by atoms with E-state index in [-0.39, 0.29) is 0 Å². The molecule has 1 aromatic carbocycles. The van der Waals surface area contributed by atoms with Gasteiger partial charge in [-0.05, 0) is 24.6 Å². The summed E-state index contributed by atoms with van der Waals surface area (Å²) in [6.45, 7) is 3.66. The minimum absolute atomic E-state index is 0.426. The molecule has 1 aliphatic heterocycles. The van der Waals surface area contributed by atoms with E-state index in [0.717, 1.165) is 18.8 Å². The van der Waals surface area contributed by atoms with Gasteiger partial charge in [0.15, 0.2) is 0 Å². The summed E-state index contributed by atoms with van der Waals surface area (Å²) in [7, 11) is 0. The highest BCUT2D eigenvalue weighted by atomic mass is 19.3. The van der Waals surface area contributed by atoms with Crippen molar-refractivity contribution < 1.29 is 8.78 Å². The summed E-state index contributed by atoms with van der Waals surface area (Å²) in [6.07, 6.45) is -2.64. The maximum Gasteiger partial charge on any atom is 0.299 e. The summed E-state index contributed by atoms with van der Waals surface area (Å²) in [6, 6.07) is 7.82. The van der Waals surface area contributed by atoms with Gasteiger partial charge in [-0.25, -0.2) is 18.4 Å². The molecule has 1 fully saturated rings. The van der Waals surface area contributed by atoms with Crippen molar-refractivity contribution in [1.29, 1.82) is 0 Å². The molecule has 2 heterocycles. The largest absolute Gasteiger partial charge is 0.315 e. The van der Waals surface area contributed by atoms with Crippen molar-refractivity contribution in [2.45, 2.75) is 19.3 Å². The molecule has 1 N–H and O–H groups in total. The number of rotatable bonds is 3. The lowest BCUT2D eigenvalue weighted by atomic mass is 9.94. The molecule has 0 amide bonds. The summed E-state index contributed by atoms with van der Waals surface area (Å²) in [5.41, 5.74) is 2.02. The number of benzene rings is 1. The number of alkyl halides is 2. The Morgan fingerprint density at radius 3 is 2.42 bits per heavy atom. The summed E-state index contributed by atoms with van der Waals surface area (Å²) in [5, 5.41) is 7.05. The molecule has 100 valence electrons. The van der Waals surface area contributed by atoms with Crippen LogP contribution in [0.25, 0.3) is 5.69 Å². The average molecular weight is 264 g/mol. The summed E-state index contributed by atoms with van der Waals surface area (Å²) in [4.78, 5) is 3.76. The smallest absolute Gasteiger partial charge is 0.299 e. The number of aryl methyl sites for hydroxylation is 1. The van der Waals surface area contributed by atoms with Crippen molar-refractivity contribution in [2.75, 3.05) is 13.1 Å². The Morgan fingerprint density at radius 1 is 1.26 bits per heavy atom. The summed E-state index contributed by atoms with van der Waals surface area (Å²) < 4.78 is 26.6. The number of nitrogens with one attached hydrogen (secondary N) is 1. The standard InChI is InChI=1S/C13H14F2N4/c1-8-17-13(12(14)15)18-19(8)11-4-2-9(3-5-11)10-6-16-7-10/h2-5,10,12,16H,6-7H2,1H3. The first-order chi connectivity index (χ1) is 9.15. The molecule has 0 atom stereocenters. The Balaban J connectivity index is 1.89. The van der Waals surface area contributed by atoms with Crippen molar-refractivity contribution in [3.8, 4) is 5.69 Å². The van der Waals surface area contributed by atoms with E-state index >= 15 is 0 Å². The van der Waals surface area contributed by atoms with Crippen LogP contribution in [-0.2, 0) is 0 Å². The van der Waals surface area contributed by atoms with E-state index in [9.17, 15) is 8.78 Å². The molecule has 0 radical (unpaired) electrons. The van der Waals surface area contributed by atoms with E-state index in [1.165, 1.54) is 10.2 Å². The van der Waals surface area contributed by atoms with E-state index in [0.29, 0.717) is 11.7 Å². The highest BCUT2D eigenvalue weighted by Crippen LogP contribution is 2.22. The van der Waals surface area contributed by atoms with Gasteiger partial charge in [-0.2, -0.15) is 0 Å². The highest BCUT2D eigenvalue weighted by Gasteiger charge is 2.19. The number of aromatic nitrogens is 3. The Hall–Kier alpha value is -1.82. The molecular formula is C13H14F2N4. The van der Waals surface area contributed by atoms with Gasteiger partial charge in [0.2, 0.25) is 5.82 Å². The normalized spacial score (nSPS) is 15.8. The van der Waals surface area contributed by atoms with Crippen LogP contribution in [0.15, 0.2) is 24.3 Å². The molecule has 3 rings (SSSR count). The fourth-order valence-electron chi connectivity index (χ4n) is 2.16. The van der Waals surface area contributed by atoms with Gasteiger partial charge in [-0.3, -0.25) is 0 Å². The lowest BCUT2D eigenvalue weighted by Gasteiger charge is -2.27.